The number of piperidine rings is 1. The van der Waals surface area contributed by atoms with Gasteiger partial charge >= 0.3 is 6.18 Å². The van der Waals surface area contributed by atoms with Crippen LogP contribution in [0.3, 0.4) is 0 Å². The van der Waals surface area contributed by atoms with Gasteiger partial charge in [0.05, 0.1) is 26.8 Å². The van der Waals surface area contributed by atoms with Crippen LogP contribution in [0.25, 0.3) is 0 Å². The Balaban J connectivity index is 2.04. The predicted molar refractivity (Wildman–Crippen MR) is 77.9 cm³/mol. The Bertz CT molecular complexity index is 563. The average Bonchev–Trinajstić information content (AvgIpc) is 2.37. The van der Waals surface area contributed by atoms with Crippen LogP contribution in [0.5, 0.6) is 0 Å². The summed E-state index contributed by atoms with van der Waals surface area (Å²) in [5, 5.41) is 0. The molecular formula is C12H13F3INO2S. The van der Waals surface area contributed by atoms with E-state index in [1.165, 1.54) is 37.6 Å². The fourth-order valence-corrected chi connectivity index (χ4v) is 4.18. The number of hydrogen-bond donors (Lipinski definition) is 0. The van der Waals surface area contributed by atoms with Gasteiger partial charge in [-0.2, -0.15) is 17.5 Å². The van der Waals surface area contributed by atoms with Crippen LogP contribution in [0.4, 0.5) is 13.2 Å². The smallest absolute Gasteiger partial charge is 0.201 e. The largest absolute Gasteiger partial charge is 0.416 e. The van der Waals surface area contributed by atoms with E-state index in [0.29, 0.717) is 25.9 Å². The SMILES string of the molecule is O=S(=O)(I)N1CCC(c2ccc(C(F)(F)F)cc2)CC1. The van der Waals surface area contributed by atoms with Crippen molar-refractivity contribution in [2.24, 2.45) is 0 Å². The lowest BCUT2D eigenvalue weighted by Crippen LogP contribution is -2.34. The van der Waals surface area contributed by atoms with Crippen molar-refractivity contribution in [3.8, 4) is 0 Å². The Hall–Kier alpha value is -0.350. The Morgan fingerprint density at radius 3 is 2.00 bits per heavy atom. The molecule has 0 radical (unpaired) electrons. The zero-order valence-corrected chi connectivity index (χ0v) is 13.4. The Morgan fingerprint density at radius 1 is 1.10 bits per heavy atom. The van der Waals surface area contributed by atoms with Gasteiger partial charge in [0.1, 0.15) is 0 Å². The van der Waals surface area contributed by atoms with Crippen LogP contribution in [0, 0.1) is 0 Å². The first-order chi connectivity index (χ1) is 9.18. The van der Waals surface area contributed by atoms with Gasteiger partial charge in [-0.05, 0) is 36.5 Å². The molecule has 3 nitrogen and oxygen atoms in total. The molecule has 0 aliphatic carbocycles. The molecule has 8 heteroatoms. The number of alkyl halides is 3. The average molecular weight is 419 g/mol. The number of benzene rings is 1. The normalized spacial score (nSPS) is 19.2. The molecule has 0 bridgehead atoms. The summed E-state index contributed by atoms with van der Waals surface area (Å²) < 4.78 is 61.6. The van der Waals surface area contributed by atoms with Gasteiger partial charge < -0.3 is 0 Å². The Labute approximate surface area is 127 Å². The summed E-state index contributed by atoms with van der Waals surface area (Å²) in [5.41, 5.74) is 0.178. The molecule has 1 aliphatic heterocycles. The molecule has 1 heterocycles. The van der Waals surface area contributed by atoms with Gasteiger partial charge in [0.15, 0.2) is 0 Å². The second-order valence-electron chi connectivity index (χ2n) is 4.74. The lowest BCUT2D eigenvalue weighted by molar-refractivity contribution is -0.137. The van der Waals surface area contributed by atoms with E-state index in [2.05, 4.69) is 0 Å². The van der Waals surface area contributed by atoms with Crippen LogP contribution in [-0.2, 0) is 13.4 Å². The molecule has 0 saturated carbocycles. The Morgan fingerprint density at radius 2 is 1.60 bits per heavy atom. The molecular weight excluding hydrogens is 406 g/mol. The molecule has 0 N–H and O–H groups in total. The summed E-state index contributed by atoms with van der Waals surface area (Å²) in [7, 11) is -3.20. The highest BCUT2D eigenvalue weighted by molar-refractivity contribution is 14.2. The highest BCUT2D eigenvalue weighted by atomic mass is 127. The molecule has 20 heavy (non-hydrogen) atoms. The Kier molecular flexibility index (Phi) is 4.65. The molecule has 1 fully saturated rings. The van der Waals surface area contributed by atoms with Crippen molar-refractivity contribution < 1.29 is 21.6 Å². The molecule has 1 aromatic rings. The lowest BCUT2D eigenvalue weighted by Gasteiger charge is -2.29. The molecule has 0 amide bonds. The molecule has 0 unspecified atom stereocenters. The monoisotopic (exact) mass is 419 g/mol. The zero-order valence-electron chi connectivity index (χ0n) is 10.4. The molecule has 0 aromatic heterocycles. The summed E-state index contributed by atoms with van der Waals surface area (Å²) in [5.74, 6) is 0.117. The predicted octanol–water partition coefficient (Wildman–Crippen LogP) is 3.56. The van der Waals surface area contributed by atoms with Crippen molar-refractivity contribution in [3.05, 3.63) is 35.4 Å². The minimum atomic E-state index is -4.32. The second-order valence-corrected chi connectivity index (χ2v) is 9.41. The summed E-state index contributed by atoms with van der Waals surface area (Å²) >= 11 is 1.40. The first-order valence-electron chi connectivity index (χ1n) is 6.05. The summed E-state index contributed by atoms with van der Waals surface area (Å²) in [6.45, 7) is 0.827. The van der Waals surface area contributed by atoms with E-state index < -0.39 is 18.9 Å². The molecule has 1 aliphatic rings. The van der Waals surface area contributed by atoms with E-state index in [1.807, 2.05) is 0 Å². The van der Waals surface area contributed by atoms with Crippen LogP contribution in [0.15, 0.2) is 24.3 Å². The van der Waals surface area contributed by atoms with Gasteiger partial charge in [-0.3, -0.25) is 0 Å². The first-order valence-corrected chi connectivity index (χ1v) is 10.0. The fourth-order valence-electron chi connectivity index (χ4n) is 2.35. The van der Waals surface area contributed by atoms with E-state index in [9.17, 15) is 21.6 Å². The van der Waals surface area contributed by atoms with Crippen molar-refractivity contribution in [2.75, 3.05) is 13.1 Å². The van der Waals surface area contributed by atoms with Gasteiger partial charge in [-0.1, -0.05) is 12.1 Å². The van der Waals surface area contributed by atoms with E-state index in [4.69, 9.17) is 0 Å². The van der Waals surface area contributed by atoms with Crippen molar-refractivity contribution in [3.63, 3.8) is 0 Å². The maximum Gasteiger partial charge on any atom is 0.416 e. The second kappa shape index (κ2) is 5.80. The van der Waals surface area contributed by atoms with Crippen LogP contribution in [-0.4, -0.2) is 25.8 Å². The van der Waals surface area contributed by atoms with Gasteiger partial charge in [0.2, 0.25) is 0 Å². The minimum absolute atomic E-state index is 0.117. The van der Waals surface area contributed by atoms with Gasteiger partial charge in [-0.15, -0.1) is 0 Å². The van der Waals surface area contributed by atoms with Crippen molar-refractivity contribution in [2.45, 2.75) is 24.9 Å². The molecule has 0 atom stereocenters. The maximum atomic E-state index is 12.5. The molecule has 0 spiro atoms. The lowest BCUT2D eigenvalue weighted by atomic mass is 9.90. The van der Waals surface area contributed by atoms with Crippen LogP contribution < -0.4 is 0 Å². The van der Waals surface area contributed by atoms with E-state index in [1.54, 1.807) is 0 Å². The van der Waals surface area contributed by atoms with Crippen LogP contribution >= 0.6 is 21.2 Å². The quantitative estimate of drug-likeness (QED) is 0.543. The van der Waals surface area contributed by atoms with E-state index in [-0.39, 0.29) is 5.92 Å². The summed E-state index contributed by atoms with van der Waals surface area (Å²) in [6.07, 6.45) is -3.06. The highest BCUT2D eigenvalue weighted by Gasteiger charge is 2.31. The van der Waals surface area contributed by atoms with Crippen LogP contribution in [0.2, 0.25) is 0 Å². The third kappa shape index (κ3) is 3.85. The molecule has 112 valence electrons. The number of halogens is 4. The van der Waals surface area contributed by atoms with Crippen molar-refractivity contribution in [1.82, 2.24) is 4.31 Å². The van der Waals surface area contributed by atoms with Gasteiger partial charge in [0.25, 0.3) is 7.19 Å². The molecule has 1 aromatic carbocycles. The van der Waals surface area contributed by atoms with Crippen molar-refractivity contribution >= 4 is 28.4 Å². The summed E-state index contributed by atoms with van der Waals surface area (Å²) in [4.78, 5) is 0. The minimum Gasteiger partial charge on any atom is -0.201 e. The van der Waals surface area contributed by atoms with Crippen LogP contribution in [0.1, 0.15) is 29.9 Å². The first kappa shape index (κ1) is 16.0. The zero-order chi connectivity index (χ0) is 15.0. The number of rotatable bonds is 2. The molecule has 2 rings (SSSR count). The topological polar surface area (TPSA) is 37.4 Å². The van der Waals surface area contributed by atoms with E-state index >= 15 is 0 Å². The van der Waals surface area contributed by atoms with Gasteiger partial charge in [0, 0.05) is 13.1 Å². The van der Waals surface area contributed by atoms with Crippen molar-refractivity contribution in [1.29, 1.82) is 0 Å². The number of nitrogens with zero attached hydrogens (tertiary/aromatic N) is 1. The number of hydrogen-bond acceptors (Lipinski definition) is 2. The fraction of sp³-hybridized carbons (Fsp3) is 0.500. The third-order valence-electron chi connectivity index (χ3n) is 3.47. The standard InChI is InChI=1S/C12H13F3INO2S/c13-12(14,15)11-3-1-9(2-4-11)10-5-7-17(8-6-10)20(16,18)19/h1-4,10H,5-8H2. The highest BCUT2D eigenvalue weighted by Crippen LogP contribution is 2.33. The molecule has 1 saturated heterocycles. The van der Waals surface area contributed by atoms with Gasteiger partial charge in [-0.25, -0.2) is 8.42 Å². The van der Waals surface area contributed by atoms with E-state index in [0.717, 1.165) is 17.7 Å². The third-order valence-corrected chi connectivity index (χ3v) is 6.12. The maximum absolute atomic E-state index is 12.5. The summed E-state index contributed by atoms with van der Waals surface area (Å²) in [6, 6.07) is 5.14.